The first kappa shape index (κ1) is 23.4. The highest BCUT2D eigenvalue weighted by atomic mass is 19.1. The van der Waals surface area contributed by atoms with Gasteiger partial charge in [0.15, 0.2) is 5.96 Å². The van der Waals surface area contributed by atoms with Crippen molar-refractivity contribution in [2.75, 3.05) is 32.7 Å². The maximum Gasteiger partial charge on any atom is 0.224 e. The van der Waals surface area contributed by atoms with Gasteiger partial charge >= 0.3 is 0 Å². The van der Waals surface area contributed by atoms with E-state index in [1.807, 2.05) is 20.8 Å². The van der Waals surface area contributed by atoms with E-state index in [-0.39, 0.29) is 18.3 Å². The van der Waals surface area contributed by atoms with Gasteiger partial charge in [-0.05, 0) is 44.9 Å². The number of primary amides is 1. The minimum absolute atomic E-state index is 0.0830. The van der Waals surface area contributed by atoms with Crippen molar-refractivity contribution in [1.82, 2.24) is 15.5 Å². The minimum atomic E-state index is -0.502. The van der Waals surface area contributed by atoms with Crippen LogP contribution in [0.1, 0.15) is 32.8 Å². The summed E-state index contributed by atoms with van der Waals surface area (Å²) < 4.78 is 13.0. The molecular weight excluding hydrogens is 361 g/mol. The first-order chi connectivity index (χ1) is 13.4. The van der Waals surface area contributed by atoms with Crippen LogP contribution in [0, 0.1) is 11.7 Å². The molecule has 0 fully saturated rings. The average molecular weight is 394 g/mol. The molecule has 0 aliphatic heterocycles. The number of nitrogens with one attached hydrogen (secondary N) is 2. The number of nitrogens with two attached hydrogens (primary N) is 1. The Kier molecular flexibility index (Phi) is 10.6. The molecule has 8 heteroatoms. The van der Waals surface area contributed by atoms with Crippen LogP contribution in [-0.4, -0.2) is 55.4 Å². The highest BCUT2D eigenvalue weighted by molar-refractivity contribution is 5.82. The van der Waals surface area contributed by atoms with Crippen LogP contribution in [0.15, 0.2) is 29.3 Å². The Morgan fingerprint density at radius 3 is 2.32 bits per heavy atom. The summed E-state index contributed by atoms with van der Waals surface area (Å²) in [5.41, 5.74) is 6.33. The highest BCUT2D eigenvalue weighted by Gasteiger charge is 2.16. The van der Waals surface area contributed by atoms with Crippen LogP contribution in [0.2, 0.25) is 0 Å². The number of nitrogens with zero attached hydrogens (tertiary/aromatic N) is 2. The molecule has 0 aromatic heterocycles. The molecule has 0 radical (unpaired) electrons. The van der Waals surface area contributed by atoms with Gasteiger partial charge in [-0.3, -0.25) is 14.6 Å². The summed E-state index contributed by atoms with van der Waals surface area (Å²) in [5, 5.41) is 6.20. The fourth-order valence-electron chi connectivity index (χ4n) is 2.73. The summed E-state index contributed by atoms with van der Waals surface area (Å²) in [6.07, 6.45) is 0.750. The van der Waals surface area contributed by atoms with Gasteiger partial charge in [0.25, 0.3) is 0 Å². The zero-order valence-corrected chi connectivity index (χ0v) is 17.0. The topological polar surface area (TPSA) is 99.8 Å². The smallest absolute Gasteiger partial charge is 0.224 e. The lowest BCUT2D eigenvalue weighted by atomic mass is 9.99. The zero-order valence-electron chi connectivity index (χ0n) is 17.0. The third kappa shape index (κ3) is 8.37. The van der Waals surface area contributed by atoms with E-state index < -0.39 is 11.8 Å². The number of carbonyl (C=O) groups is 2. The molecule has 28 heavy (non-hydrogen) atoms. The van der Waals surface area contributed by atoms with E-state index in [9.17, 15) is 14.0 Å². The Morgan fingerprint density at radius 2 is 1.79 bits per heavy atom. The molecule has 2 amide bonds. The van der Waals surface area contributed by atoms with Crippen LogP contribution >= 0.6 is 0 Å². The van der Waals surface area contributed by atoms with Gasteiger partial charge in [0.2, 0.25) is 11.8 Å². The summed E-state index contributed by atoms with van der Waals surface area (Å²) in [4.78, 5) is 30.0. The molecule has 1 aromatic rings. The number of rotatable bonds is 11. The molecule has 1 atom stereocenters. The molecule has 0 aliphatic carbocycles. The van der Waals surface area contributed by atoms with E-state index in [2.05, 4.69) is 15.6 Å². The monoisotopic (exact) mass is 393 g/mol. The number of halogens is 1. The number of aliphatic imine (C=N–C) groups is 1. The maximum atomic E-state index is 13.0. The Labute approximate surface area is 166 Å². The van der Waals surface area contributed by atoms with E-state index in [4.69, 9.17) is 5.73 Å². The maximum absolute atomic E-state index is 13.0. The second-order valence-electron chi connectivity index (χ2n) is 6.39. The highest BCUT2D eigenvalue weighted by Crippen LogP contribution is 2.10. The molecule has 0 aliphatic rings. The van der Waals surface area contributed by atoms with E-state index in [1.54, 1.807) is 17.0 Å². The lowest BCUT2D eigenvalue weighted by Gasteiger charge is -2.19. The number of carbonyl (C=O) groups excluding carboxylic acids is 2. The molecule has 156 valence electrons. The minimum Gasteiger partial charge on any atom is -0.369 e. The van der Waals surface area contributed by atoms with Crippen molar-refractivity contribution in [3.05, 3.63) is 35.6 Å². The third-order valence-corrected chi connectivity index (χ3v) is 4.36. The van der Waals surface area contributed by atoms with Crippen LogP contribution in [0.4, 0.5) is 4.39 Å². The van der Waals surface area contributed by atoms with E-state index >= 15 is 0 Å². The van der Waals surface area contributed by atoms with Gasteiger partial charge in [-0.25, -0.2) is 4.39 Å². The van der Waals surface area contributed by atoms with Crippen molar-refractivity contribution in [1.29, 1.82) is 0 Å². The van der Waals surface area contributed by atoms with Gasteiger partial charge in [0, 0.05) is 32.6 Å². The van der Waals surface area contributed by atoms with Gasteiger partial charge in [-0.15, -0.1) is 0 Å². The van der Waals surface area contributed by atoms with Crippen molar-refractivity contribution in [2.24, 2.45) is 16.6 Å². The molecule has 4 N–H and O–H groups in total. The summed E-state index contributed by atoms with van der Waals surface area (Å²) >= 11 is 0. The fourth-order valence-corrected chi connectivity index (χ4v) is 2.73. The van der Waals surface area contributed by atoms with Crippen molar-refractivity contribution in [3.8, 4) is 0 Å². The predicted octanol–water partition coefficient (Wildman–Crippen LogP) is 1.28. The fraction of sp³-hybridized carbons (Fsp3) is 0.550. The molecule has 0 saturated heterocycles. The van der Waals surface area contributed by atoms with Gasteiger partial charge in [-0.2, -0.15) is 0 Å². The Hall–Kier alpha value is -2.64. The van der Waals surface area contributed by atoms with Crippen LogP contribution < -0.4 is 16.4 Å². The molecule has 0 saturated carbocycles. The zero-order chi connectivity index (χ0) is 20.9. The van der Waals surface area contributed by atoms with Crippen molar-refractivity contribution in [3.63, 3.8) is 0 Å². The number of benzene rings is 1. The van der Waals surface area contributed by atoms with Crippen LogP contribution in [0.3, 0.4) is 0 Å². The molecule has 0 spiro atoms. The summed E-state index contributed by atoms with van der Waals surface area (Å²) in [6.45, 7) is 8.50. The van der Waals surface area contributed by atoms with Crippen molar-refractivity contribution < 1.29 is 14.0 Å². The Bertz CT molecular complexity index is 645. The molecule has 0 heterocycles. The molecule has 1 rings (SSSR count). The molecule has 7 nitrogen and oxygen atoms in total. The largest absolute Gasteiger partial charge is 0.369 e. The van der Waals surface area contributed by atoms with Gasteiger partial charge < -0.3 is 21.3 Å². The average Bonchev–Trinajstić information content (AvgIpc) is 2.67. The lowest BCUT2D eigenvalue weighted by Crippen LogP contribution is -2.40. The number of amides is 2. The van der Waals surface area contributed by atoms with Gasteiger partial charge in [-0.1, -0.05) is 12.1 Å². The molecule has 1 unspecified atom stereocenters. The number of guanidine groups is 1. The van der Waals surface area contributed by atoms with E-state index in [0.717, 1.165) is 5.56 Å². The normalized spacial score (nSPS) is 12.4. The van der Waals surface area contributed by atoms with Crippen LogP contribution in [-0.2, 0) is 16.0 Å². The van der Waals surface area contributed by atoms with Gasteiger partial charge in [0.05, 0.1) is 12.5 Å². The quantitative estimate of drug-likeness (QED) is 0.390. The van der Waals surface area contributed by atoms with Gasteiger partial charge in [0.1, 0.15) is 5.82 Å². The molecule has 1 aromatic carbocycles. The first-order valence-corrected chi connectivity index (χ1v) is 9.74. The Morgan fingerprint density at radius 1 is 1.14 bits per heavy atom. The SMILES string of the molecule is CCNC(=NCC(Cc1ccc(F)cc1)C(N)=O)NCCC(=O)N(CC)CC. The summed E-state index contributed by atoms with van der Waals surface area (Å²) in [7, 11) is 0. The third-order valence-electron chi connectivity index (χ3n) is 4.36. The van der Waals surface area contributed by atoms with E-state index in [1.165, 1.54) is 12.1 Å². The van der Waals surface area contributed by atoms with Crippen LogP contribution in [0.25, 0.3) is 0 Å². The van der Waals surface area contributed by atoms with Crippen LogP contribution in [0.5, 0.6) is 0 Å². The summed E-state index contributed by atoms with van der Waals surface area (Å²) in [6, 6.07) is 5.99. The standard InChI is InChI=1S/C20H32FN5O2/c1-4-23-20(24-12-11-18(27)26(5-2)6-3)25-14-16(19(22)28)13-15-7-9-17(21)10-8-15/h7-10,16H,4-6,11-14H2,1-3H3,(H2,22,28)(H2,23,24,25). The predicted molar refractivity (Wildman–Crippen MR) is 109 cm³/mol. The number of hydrogen-bond acceptors (Lipinski definition) is 3. The second kappa shape index (κ2) is 12.7. The number of hydrogen-bond donors (Lipinski definition) is 3. The molecule has 0 bridgehead atoms. The second-order valence-corrected chi connectivity index (χ2v) is 6.39. The van der Waals surface area contributed by atoms with Crippen molar-refractivity contribution >= 4 is 17.8 Å². The summed E-state index contributed by atoms with van der Waals surface area (Å²) in [5.74, 6) is -0.672. The molecular formula is C20H32FN5O2. The van der Waals surface area contributed by atoms with Crippen molar-refractivity contribution in [2.45, 2.75) is 33.6 Å². The lowest BCUT2D eigenvalue weighted by molar-refractivity contribution is -0.130. The van der Waals surface area contributed by atoms with E-state index in [0.29, 0.717) is 45.0 Å². The first-order valence-electron chi connectivity index (χ1n) is 9.74. The Balaban J connectivity index is 2.65.